The van der Waals surface area contributed by atoms with Gasteiger partial charge in [0.2, 0.25) is 0 Å². The Bertz CT molecular complexity index is 741. The summed E-state index contributed by atoms with van der Waals surface area (Å²) in [7, 11) is 0. The van der Waals surface area contributed by atoms with Crippen molar-refractivity contribution in [3.63, 3.8) is 0 Å². The normalized spacial score (nSPS) is 12.0. The molecular formula is C20H18O2. The van der Waals surface area contributed by atoms with Crippen molar-refractivity contribution < 1.29 is 10.2 Å². The summed E-state index contributed by atoms with van der Waals surface area (Å²) >= 11 is 0. The largest absolute Gasteiger partial charge is 0.508 e. The van der Waals surface area contributed by atoms with E-state index < -0.39 is 0 Å². The van der Waals surface area contributed by atoms with Gasteiger partial charge in [-0.15, -0.1) is 0 Å². The van der Waals surface area contributed by atoms with Crippen LogP contribution >= 0.6 is 0 Å². The van der Waals surface area contributed by atoms with Crippen LogP contribution in [0.2, 0.25) is 0 Å². The number of hydrogen-bond acceptors (Lipinski definition) is 2. The average Bonchev–Trinajstić information content (AvgIpc) is 2.56. The number of phenolic OH excluding ortho intramolecular Hbond substituents is 2. The van der Waals surface area contributed by atoms with Crippen LogP contribution in [0.5, 0.6) is 11.5 Å². The van der Waals surface area contributed by atoms with Gasteiger partial charge in [-0.25, -0.2) is 0 Å². The van der Waals surface area contributed by atoms with Crippen LogP contribution in [0.4, 0.5) is 0 Å². The van der Waals surface area contributed by atoms with Crippen molar-refractivity contribution in [1.29, 1.82) is 0 Å². The maximum absolute atomic E-state index is 9.37. The fourth-order valence-corrected chi connectivity index (χ4v) is 2.57. The lowest BCUT2D eigenvalue weighted by Crippen LogP contribution is -1.95. The SMILES string of the molecule is CC(c1ccc(O)cc1)c1ccc(-c2ccc(O)cc2)cc1. The van der Waals surface area contributed by atoms with Gasteiger partial charge in [-0.05, 0) is 46.5 Å². The van der Waals surface area contributed by atoms with E-state index in [1.54, 1.807) is 24.3 Å². The van der Waals surface area contributed by atoms with Gasteiger partial charge in [0.05, 0.1) is 0 Å². The summed E-state index contributed by atoms with van der Waals surface area (Å²) in [5, 5.41) is 18.7. The van der Waals surface area contributed by atoms with Crippen LogP contribution in [-0.2, 0) is 0 Å². The van der Waals surface area contributed by atoms with Gasteiger partial charge < -0.3 is 10.2 Å². The van der Waals surface area contributed by atoms with Gasteiger partial charge in [0.15, 0.2) is 0 Å². The molecule has 0 aliphatic heterocycles. The maximum atomic E-state index is 9.37. The number of benzene rings is 3. The molecule has 1 unspecified atom stereocenters. The molecule has 3 aromatic carbocycles. The second-order valence-corrected chi connectivity index (χ2v) is 5.48. The lowest BCUT2D eigenvalue weighted by atomic mass is 9.92. The highest BCUT2D eigenvalue weighted by atomic mass is 16.3. The van der Waals surface area contributed by atoms with Crippen LogP contribution in [-0.4, -0.2) is 10.2 Å². The number of rotatable bonds is 3. The van der Waals surface area contributed by atoms with E-state index in [4.69, 9.17) is 0 Å². The zero-order valence-corrected chi connectivity index (χ0v) is 12.4. The first-order valence-electron chi connectivity index (χ1n) is 7.32. The summed E-state index contributed by atoms with van der Waals surface area (Å²) in [5.41, 5.74) is 4.62. The Kier molecular flexibility index (Phi) is 3.84. The second-order valence-electron chi connectivity index (χ2n) is 5.48. The highest BCUT2D eigenvalue weighted by molar-refractivity contribution is 5.64. The van der Waals surface area contributed by atoms with Gasteiger partial charge >= 0.3 is 0 Å². The second kappa shape index (κ2) is 5.94. The van der Waals surface area contributed by atoms with Crippen molar-refractivity contribution >= 4 is 0 Å². The Balaban J connectivity index is 1.84. The molecule has 0 radical (unpaired) electrons. The predicted molar refractivity (Wildman–Crippen MR) is 89.2 cm³/mol. The van der Waals surface area contributed by atoms with E-state index in [2.05, 4.69) is 31.2 Å². The van der Waals surface area contributed by atoms with E-state index in [0.717, 1.165) is 11.1 Å². The van der Waals surface area contributed by atoms with Gasteiger partial charge in [-0.1, -0.05) is 55.5 Å². The zero-order valence-electron chi connectivity index (χ0n) is 12.4. The quantitative estimate of drug-likeness (QED) is 0.719. The Morgan fingerprint density at radius 1 is 0.545 bits per heavy atom. The third-order valence-corrected chi connectivity index (χ3v) is 4.00. The van der Waals surface area contributed by atoms with Crippen LogP contribution in [0, 0.1) is 0 Å². The molecule has 0 spiro atoms. The Morgan fingerprint density at radius 2 is 0.864 bits per heavy atom. The first kappa shape index (κ1) is 14.2. The van der Waals surface area contributed by atoms with Crippen molar-refractivity contribution in [1.82, 2.24) is 0 Å². The first-order chi connectivity index (χ1) is 10.6. The molecule has 3 rings (SSSR count). The van der Waals surface area contributed by atoms with E-state index in [-0.39, 0.29) is 11.7 Å². The monoisotopic (exact) mass is 290 g/mol. The van der Waals surface area contributed by atoms with Crippen molar-refractivity contribution in [2.75, 3.05) is 0 Å². The van der Waals surface area contributed by atoms with E-state index in [0.29, 0.717) is 5.75 Å². The van der Waals surface area contributed by atoms with Crippen LogP contribution < -0.4 is 0 Å². The molecule has 2 nitrogen and oxygen atoms in total. The summed E-state index contributed by atoms with van der Waals surface area (Å²) in [6.45, 7) is 2.15. The van der Waals surface area contributed by atoms with Crippen LogP contribution in [0.25, 0.3) is 11.1 Å². The van der Waals surface area contributed by atoms with Crippen molar-refractivity contribution in [3.05, 3.63) is 83.9 Å². The molecule has 0 amide bonds. The maximum Gasteiger partial charge on any atom is 0.115 e. The topological polar surface area (TPSA) is 40.5 Å². The van der Waals surface area contributed by atoms with Crippen LogP contribution in [0.1, 0.15) is 24.0 Å². The predicted octanol–water partition coefficient (Wildman–Crippen LogP) is 4.92. The molecule has 0 saturated carbocycles. The summed E-state index contributed by atoms with van der Waals surface area (Å²) in [6, 6.07) is 23.0. The Hall–Kier alpha value is -2.74. The standard InChI is InChI=1S/C20H18O2/c1-14(16-6-10-19(21)11-7-16)15-2-4-17(5-3-15)18-8-12-20(22)13-9-18/h2-14,21-22H,1H3. The molecule has 2 heteroatoms. The first-order valence-corrected chi connectivity index (χ1v) is 7.32. The lowest BCUT2D eigenvalue weighted by molar-refractivity contribution is 0.474. The van der Waals surface area contributed by atoms with Crippen molar-refractivity contribution in [2.24, 2.45) is 0 Å². The van der Waals surface area contributed by atoms with Crippen LogP contribution in [0.15, 0.2) is 72.8 Å². The molecule has 22 heavy (non-hydrogen) atoms. The highest BCUT2D eigenvalue weighted by Crippen LogP contribution is 2.28. The Morgan fingerprint density at radius 3 is 1.32 bits per heavy atom. The van der Waals surface area contributed by atoms with Crippen LogP contribution in [0.3, 0.4) is 0 Å². The zero-order chi connectivity index (χ0) is 15.5. The summed E-state index contributed by atoms with van der Waals surface area (Å²) < 4.78 is 0. The number of phenols is 2. The molecule has 1 atom stereocenters. The Labute approximate surface area is 130 Å². The third-order valence-electron chi connectivity index (χ3n) is 4.00. The summed E-state index contributed by atoms with van der Waals surface area (Å²) in [6.07, 6.45) is 0. The van der Waals surface area contributed by atoms with Crippen molar-refractivity contribution in [3.8, 4) is 22.6 Å². The molecule has 2 N–H and O–H groups in total. The molecule has 0 aliphatic rings. The van der Waals surface area contributed by atoms with E-state index >= 15 is 0 Å². The van der Waals surface area contributed by atoms with Gasteiger partial charge in [-0.2, -0.15) is 0 Å². The fourth-order valence-electron chi connectivity index (χ4n) is 2.57. The number of aromatic hydroxyl groups is 2. The fraction of sp³-hybridized carbons (Fsp3) is 0.100. The number of hydrogen-bond donors (Lipinski definition) is 2. The smallest absolute Gasteiger partial charge is 0.115 e. The minimum Gasteiger partial charge on any atom is -0.508 e. The minimum atomic E-state index is 0.273. The molecule has 0 heterocycles. The van der Waals surface area contributed by atoms with Crippen molar-refractivity contribution in [2.45, 2.75) is 12.8 Å². The third kappa shape index (κ3) is 2.96. The molecule has 0 fully saturated rings. The molecule has 0 aromatic heterocycles. The minimum absolute atomic E-state index is 0.273. The summed E-state index contributed by atoms with van der Waals surface area (Å²) in [4.78, 5) is 0. The van der Waals surface area contributed by atoms with Gasteiger partial charge in [0.25, 0.3) is 0 Å². The average molecular weight is 290 g/mol. The molecule has 0 saturated heterocycles. The van der Waals surface area contributed by atoms with E-state index in [1.165, 1.54) is 11.1 Å². The molecule has 110 valence electrons. The van der Waals surface area contributed by atoms with E-state index in [9.17, 15) is 10.2 Å². The van der Waals surface area contributed by atoms with Gasteiger partial charge in [-0.3, -0.25) is 0 Å². The summed E-state index contributed by atoms with van der Waals surface area (Å²) in [5.74, 6) is 0.842. The van der Waals surface area contributed by atoms with Gasteiger partial charge in [0, 0.05) is 5.92 Å². The van der Waals surface area contributed by atoms with E-state index in [1.807, 2.05) is 24.3 Å². The lowest BCUT2D eigenvalue weighted by Gasteiger charge is -2.13. The molecular weight excluding hydrogens is 272 g/mol. The van der Waals surface area contributed by atoms with Gasteiger partial charge in [0.1, 0.15) is 11.5 Å². The molecule has 0 bridgehead atoms. The highest BCUT2D eigenvalue weighted by Gasteiger charge is 2.08. The molecule has 0 aliphatic carbocycles. The molecule has 3 aromatic rings.